The number of aliphatic hydroxyl groups is 4. The zero-order valence-electron chi connectivity index (χ0n) is 11.8. The molecule has 0 heterocycles. The Hall–Kier alpha value is -0.600. The van der Waals surface area contributed by atoms with E-state index in [-0.39, 0.29) is 12.6 Å². The van der Waals surface area contributed by atoms with Crippen LogP contribution in [-0.4, -0.2) is 90.2 Å². The number of phosphoric acid groups is 2. The standard InChI is InChI=1S/2C4H9O7P/c2*5-1-3(6)4(7)2-11-12(8,9)10/h2*1,3-4,6-7H,2H2,(H2,8,9,10)/t3-,4+;3-,4-/m01/s1. The van der Waals surface area contributed by atoms with Crippen molar-refractivity contribution >= 4 is 28.2 Å². The molecule has 4 atom stereocenters. The van der Waals surface area contributed by atoms with Crippen LogP contribution in [0.5, 0.6) is 0 Å². The highest BCUT2D eigenvalue weighted by molar-refractivity contribution is 7.46. The molecule has 14 nitrogen and oxygen atoms in total. The molecule has 24 heavy (non-hydrogen) atoms. The van der Waals surface area contributed by atoms with Crippen LogP contribution in [0.2, 0.25) is 0 Å². The number of rotatable bonds is 10. The molecule has 0 aromatic rings. The van der Waals surface area contributed by atoms with Crippen LogP contribution in [0.25, 0.3) is 0 Å². The third-order valence-electron chi connectivity index (χ3n) is 1.89. The van der Waals surface area contributed by atoms with Crippen LogP contribution in [0.3, 0.4) is 0 Å². The average molecular weight is 400 g/mol. The fraction of sp³-hybridized carbons (Fsp3) is 0.750. The molecule has 0 aliphatic carbocycles. The largest absolute Gasteiger partial charge is 0.469 e. The van der Waals surface area contributed by atoms with E-state index in [1.54, 1.807) is 0 Å². The van der Waals surface area contributed by atoms with Gasteiger partial charge in [-0.2, -0.15) is 0 Å². The maximum Gasteiger partial charge on any atom is 0.469 e. The van der Waals surface area contributed by atoms with E-state index in [4.69, 9.17) is 40.0 Å². The predicted octanol–water partition coefficient (Wildman–Crippen LogP) is -3.97. The van der Waals surface area contributed by atoms with E-state index in [2.05, 4.69) is 9.05 Å². The van der Waals surface area contributed by atoms with Gasteiger partial charge in [-0.05, 0) is 0 Å². The topological polar surface area (TPSA) is 249 Å². The highest BCUT2D eigenvalue weighted by atomic mass is 31.2. The van der Waals surface area contributed by atoms with Gasteiger partial charge in [0.2, 0.25) is 0 Å². The Balaban J connectivity index is 0. The minimum atomic E-state index is -4.66. The SMILES string of the molecule is O=C[C@@H](O)[C@H](O)COP(=O)(O)O.O=C[C@H](O)[C@H](O)COP(=O)(O)O. The Kier molecular flexibility index (Phi) is 12.7. The van der Waals surface area contributed by atoms with Gasteiger partial charge in [0.25, 0.3) is 0 Å². The van der Waals surface area contributed by atoms with Crippen molar-refractivity contribution < 1.29 is 67.8 Å². The normalized spacial score (nSPS) is 17.0. The maximum absolute atomic E-state index is 10.0. The van der Waals surface area contributed by atoms with Crippen LogP contribution in [0.15, 0.2) is 0 Å². The Morgan fingerprint density at radius 2 is 0.958 bits per heavy atom. The second-order valence-corrected chi connectivity index (χ2v) is 6.44. The molecule has 0 rings (SSSR count). The van der Waals surface area contributed by atoms with Gasteiger partial charge in [0.1, 0.15) is 24.4 Å². The molecule has 0 aliphatic rings. The van der Waals surface area contributed by atoms with Crippen molar-refractivity contribution in [3.8, 4) is 0 Å². The molecule has 16 heteroatoms. The molecule has 0 aromatic carbocycles. The van der Waals surface area contributed by atoms with Gasteiger partial charge in [-0.15, -0.1) is 0 Å². The third kappa shape index (κ3) is 16.3. The Labute approximate surface area is 134 Å². The summed E-state index contributed by atoms with van der Waals surface area (Å²) < 4.78 is 27.7. The first kappa shape index (κ1) is 25.6. The number of hydrogen-bond donors (Lipinski definition) is 8. The van der Waals surface area contributed by atoms with E-state index in [1.807, 2.05) is 0 Å². The molecule has 0 radical (unpaired) electrons. The molecule has 0 fully saturated rings. The lowest BCUT2D eigenvalue weighted by molar-refractivity contribution is -0.122. The molecule has 144 valence electrons. The number of carbonyl (C=O) groups excluding carboxylic acids is 2. The Morgan fingerprint density at radius 3 is 1.12 bits per heavy atom. The molecule has 0 unspecified atom stereocenters. The maximum atomic E-state index is 10.0. The number of carbonyl (C=O) groups is 2. The van der Waals surface area contributed by atoms with E-state index in [9.17, 15) is 18.7 Å². The average Bonchev–Trinajstić information content (AvgIpc) is 2.47. The Morgan fingerprint density at radius 1 is 0.708 bits per heavy atom. The van der Waals surface area contributed by atoms with E-state index in [1.165, 1.54) is 0 Å². The first-order valence-corrected chi connectivity index (χ1v) is 8.82. The van der Waals surface area contributed by atoms with Gasteiger partial charge in [0.05, 0.1) is 13.2 Å². The zero-order chi connectivity index (χ0) is 19.6. The Bertz CT molecular complexity index is 414. The quantitative estimate of drug-likeness (QED) is 0.129. The lowest BCUT2D eigenvalue weighted by Crippen LogP contribution is -2.31. The van der Waals surface area contributed by atoms with E-state index < -0.39 is 53.3 Å². The monoisotopic (exact) mass is 400 g/mol. The molecular formula is C8H18O14P2. The lowest BCUT2D eigenvalue weighted by Gasteiger charge is -2.12. The first-order chi connectivity index (χ1) is 10.7. The van der Waals surface area contributed by atoms with Gasteiger partial charge >= 0.3 is 15.6 Å². The van der Waals surface area contributed by atoms with Gasteiger partial charge in [0.15, 0.2) is 12.6 Å². The summed E-state index contributed by atoms with van der Waals surface area (Å²) in [5.74, 6) is 0. The lowest BCUT2D eigenvalue weighted by atomic mass is 10.2. The summed E-state index contributed by atoms with van der Waals surface area (Å²) in [7, 11) is -9.31. The second kappa shape index (κ2) is 11.9. The minimum Gasteiger partial charge on any atom is -0.388 e. The second-order valence-electron chi connectivity index (χ2n) is 3.96. The van der Waals surface area contributed by atoms with E-state index >= 15 is 0 Å². The molecule has 8 N–H and O–H groups in total. The summed E-state index contributed by atoms with van der Waals surface area (Å²) in [6.07, 6.45) is -6.58. The summed E-state index contributed by atoms with van der Waals surface area (Å²) in [6, 6.07) is 0. The van der Waals surface area contributed by atoms with Crippen molar-refractivity contribution in [3.63, 3.8) is 0 Å². The van der Waals surface area contributed by atoms with Crippen LogP contribution in [0.1, 0.15) is 0 Å². The number of phosphoric ester groups is 2. The molecule has 0 aromatic heterocycles. The molecule has 0 saturated heterocycles. The van der Waals surface area contributed by atoms with Crippen molar-refractivity contribution in [3.05, 3.63) is 0 Å². The number of aldehydes is 2. The smallest absolute Gasteiger partial charge is 0.388 e. The van der Waals surface area contributed by atoms with Crippen LogP contribution in [-0.2, 0) is 27.8 Å². The van der Waals surface area contributed by atoms with Gasteiger partial charge in [0, 0.05) is 0 Å². The minimum absolute atomic E-state index is 0.0354. The van der Waals surface area contributed by atoms with Gasteiger partial charge in [-0.25, -0.2) is 9.13 Å². The summed E-state index contributed by atoms with van der Waals surface area (Å²) >= 11 is 0. The van der Waals surface area contributed by atoms with Gasteiger partial charge in [-0.1, -0.05) is 0 Å². The fourth-order valence-corrected chi connectivity index (χ4v) is 1.42. The molecule has 0 spiro atoms. The van der Waals surface area contributed by atoms with Gasteiger partial charge in [-0.3, -0.25) is 9.05 Å². The predicted molar refractivity (Wildman–Crippen MR) is 72.1 cm³/mol. The molecule has 0 bridgehead atoms. The molecule has 0 aliphatic heterocycles. The van der Waals surface area contributed by atoms with Crippen LogP contribution in [0, 0.1) is 0 Å². The summed E-state index contributed by atoms with van der Waals surface area (Å²) in [5.41, 5.74) is 0. The molecule has 0 amide bonds. The highest BCUT2D eigenvalue weighted by Gasteiger charge is 2.22. The van der Waals surface area contributed by atoms with Gasteiger partial charge < -0.3 is 49.6 Å². The number of hydrogen-bond acceptors (Lipinski definition) is 10. The van der Waals surface area contributed by atoms with Crippen LogP contribution in [0.4, 0.5) is 0 Å². The zero-order valence-corrected chi connectivity index (χ0v) is 13.6. The first-order valence-electron chi connectivity index (χ1n) is 5.76. The van der Waals surface area contributed by atoms with Crippen molar-refractivity contribution in [1.82, 2.24) is 0 Å². The summed E-state index contributed by atoms with van der Waals surface area (Å²) in [6.45, 7) is -1.60. The molecular weight excluding hydrogens is 382 g/mol. The van der Waals surface area contributed by atoms with Crippen molar-refractivity contribution in [2.75, 3.05) is 13.2 Å². The highest BCUT2D eigenvalue weighted by Crippen LogP contribution is 2.36. The van der Waals surface area contributed by atoms with Crippen LogP contribution < -0.4 is 0 Å². The number of aliphatic hydroxyl groups excluding tert-OH is 4. The van der Waals surface area contributed by atoms with E-state index in [0.717, 1.165) is 0 Å². The van der Waals surface area contributed by atoms with Crippen LogP contribution >= 0.6 is 15.6 Å². The third-order valence-corrected chi connectivity index (χ3v) is 2.87. The summed E-state index contributed by atoms with van der Waals surface area (Å²) in [4.78, 5) is 52.1. The summed E-state index contributed by atoms with van der Waals surface area (Å²) in [5, 5.41) is 34.6. The van der Waals surface area contributed by atoms with Crippen molar-refractivity contribution in [1.29, 1.82) is 0 Å². The molecule has 0 saturated carbocycles. The van der Waals surface area contributed by atoms with E-state index in [0.29, 0.717) is 0 Å². The van der Waals surface area contributed by atoms with Crippen molar-refractivity contribution in [2.45, 2.75) is 24.4 Å². The fourth-order valence-electron chi connectivity index (χ4n) is 0.725. The van der Waals surface area contributed by atoms with Crippen molar-refractivity contribution in [2.24, 2.45) is 0 Å².